The lowest BCUT2D eigenvalue weighted by atomic mass is 9.93. The van der Waals surface area contributed by atoms with Crippen molar-refractivity contribution in [3.05, 3.63) is 69.3 Å². The number of fused-ring (bicyclic) bond motifs is 1. The summed E-state index contributed by atoms with van der Waals surface area (Å²) in [6, 6.07) is 11.8. The van der Waals surface area contributed by atoms with E-state index in [9.17, 15) is 19.5 Å². The van der Waals surface area contributed by atoms with E-state index in [1.165, 1.54) is 17.1 Å². The number of para-hydroxylation sites is 1. The second kappa shape index (κ2) is 9.37. The van der Waals surface area contributed by atoms with E-state index < -0.39 is 23.4 Å². The highest BCUT2D eigenvalue weighted by Gasteiger charge is 2.36. The third-order valence-corrected chi connectivity index (χ3v) is 5.82. The summed E-state index contributed by atoms with van der Waals surface area (Å²) in [7, 11) is 0. The fourth-order valence-corrected chi connectivity index (χ4v) is 4.58. The van der Waals surface area contributed by atoms with Gasteiger partial charge in [0.1, 0.15) is 11.3 Å². The van der Waals surface area contributed by atoms with Crippen molar-refractivity contribution in [3.63, 3.8) is 0 Å². The van der Waals surface area contributed by atoms with Crippen molar-refractivity contribution in [2.45, 2.75) is 32.8 Å². The highest BCUT2D eigenvalue weighted by atomic mass is 35.5. The van der Waals surface area contributed by atoms with E-state index in [1.54, 1.807) is 45.0 Å². The molecule has 0 bridgehead atoms. The Bertz CT molecular complexity index is 1370. The van der Waals surface area contributed by atoms with Crippen LogP contribution in [-0.2, 0) is 14.3 Å². The highest BCUT2D eigenvalue weighted by Crippen LogP contribution is 2.39. The Kier molecular flexibility index (Phi) is 6.64. The Morgan fingerprint density at radius 3 is 2.43 bits per heavy atom. The van der Waals surface area contributed by atoms with E-state index in [0.717, 1.165) is 0 Å². The van der Waals surface area contributed by atoms with E-state index in [2.05, 4.69) is 10.4 Å². The molecule has 0 unspecified atom stereocenters. The maximum atomic E-state index is 13.7. The van der Waals surface area contributed by atoms with Crippen LogP contribution in [0.2, 0.25) is 10.0 Å². The molecule has 1 aromatic heterocycles. The van der Waals surface area contributed by atoms with Crippen LogP contribution in [0.1, 0.15) is 43.2 Å². The van der Waals surface area contributed by atoms with Gasteiger partial charge in [0.15, 0.2) is 0 Å². The lowest BCUT2D eigenvalue weighted by Crippen LogP contribution is -2.49. The number of nitrogens with zero attached hydrogens (tertiary/aromatic N) is 1. The largest absolute Gasteiger partial charge is 0.477 e. The molecule has 35 heavy (non-hydrogen) atoms. The van der Waals surface area contributed by atoms with Crippen molar-refractivity contribution in [2.24, 2.45) is 0 Å². The number of carboxylic acids is 1. The maximum Gasteiger partial charge on any atom is 0.352 e. The topological polar surface area (TPSA) is 112 Å². The number of hydrogen-bond acceptors (Lipinski definition) is 5. The molecule has 4 rings (SSSR count). The average Bonchev–Trinajstić information content (AvgIpc) is 3.14. The standard InChI is InChI=1S/C25H23Cl2N3O5/c1-25(2,3)35-24(34)18(15-9-10-28-30(22(15)31)14-7-5-4-6-8-14)20-19-16(27)11-13(26)12-17(19)29-21(20)23(32)33/h4-8,11-12,28-29H,9-10H2,1-3H3,(H,32,33). The summed E-state index contributed by atoms with van der Waals surface area (Å²) >= 11 is 12.6. The van der Waals surface area contributed by atoms with Crippen LogP contribution in [0.15, 0.2) is 48.0 Å². The fourth-order valence-electron chi connectivity index (χ4n) is 3.99. The molecule has 10 heteroatoms. The molecule has 1 fully saturated rings. The summed E-state index contributed by atoms with van der Waals surface area (Å²) in [5.41, 5.74) is 2.66. The molecule has 3 aromatic rings. The molecule has 0 aliphatic carbocycles. The summed E-state index contributed by atoms with van der Waals surface area (Å²) in [4.78, 5) is 42.3. The van der Waals surface area contributed by atoms with Gasteiger partial charge in [0.25, 0.3) is 5.91 Å². The van der Waals surface area contributed by atoms with Crippen LogP contribution in [-0.4, -0.2) is 40.1 Å². The summed E-state index contributed by atoms with van der Waals surface area (Å²) < 4.78 is 5.65. The first-order valence-electron chi connectivity index (χ1n) is 10.8. The van der Waals surface area contributed by atoms with Crippen LogP contribution in [0, 0.1) is 0 Å². The number of hydrazine groups is 1. The second-order valence-corrected chi connectivity index (χ2v) is 9.82. The Morgan fingerprint density at radius 1 is 1.11 bits per heavy atom. The van der Waals surface area contributed by atoms with Gasteiger partial charge in [0.05, 0.1) is 16.3 Å². The smallest absolute Gasteiger partial charge is 0.352 e. The van der Waals surface area contributed by atoms with E-state index in [4.69, 9.17) is 27.9 Å². The number of aromatic nitrogens is 1. The molecule has 0 radical (unpaired) electrons. The number of aromatic amines is 1. The van der Waals surface area contributed by atoms with E-state index in [1.807, 2.05) is 6.07 Å². The monoisotopic (exact) mass is 515 g/mol. The highest BCUT2D eigenvalue weighted by molar-refractivity contribution is 6.41. The molecule has 1 aliphatic heterocycles. The Labute approximate surface area is 211 Å². The number of rotatable bonds is 4. The van der Waals surface area contributed by atoms with Gasteiger partial charge in [-0.3, -0.25) is 4.79 Å². The average molecular weight is 516 g/mol. The quantitative estimate of drug-likeness (QED) is 0.324. The van der Waals surface area contributed by atoms with Crippen LogP contribution in [0.4, 0.5) is 5.69 Å². The lowest BCUT2D eigenvalue weighted by molar-refractivity contribution is -0.147. The number of carbonyl (C=O) groups excluding carboxylic acids is 2. The molecule has 2 heterocycles. The van der Waals surface area contributed by atoms with Crippen molar-refractivity contribution in [1.82, 2.24) is 10.4 Å². The van der Waals surface area contributed by atoms with Crippen molar-refractivity contribution in [2.75, 3.05) is 11.6 Å². The minimum Gasteiger partial charge on any atom is -0.477 e. The number of halogens is 2. The first kappa shape index (κ1) is 24.8. The van der Waals surface area contributed by atoms with Crippen molar-refractivity contribution >= 4 is 63.2 Å². The van der Waals surface area contributed by atoms with E-state index in [0.29, 0.717) is 17.7 Å². The summed E-state index contributed by atoms with van der Waals surface area (Å²) in [5.74, 6) is -2.66. The molecule has 8 nitrogen and oxygen atoms in total. The van der Waals surface area contributed by atoms with Gasteiger partial charge in [-0.25, -0.2) is 20.0 Å². The zero-order valence-corrected chi connectivity index (χ0v) is 20.8. The third-order valence-electron chi connectivity index (χ3n) is 5.30. The fraction of sp³-hybridized carbons (Fsp3) is 0.240. The summed E-state index contributed by atoms with van der Waals surface area (Å²) in [6.45, 7) is 5.39. The molecular weight excluding hydrogens is 493 g/mol. The van der Waals surface area contributed by atoms with E-state index in [-0.39, 0.29) is 44.3 Å². The number of nitrogens with one attached hydrogen (secondary N) is 2. The third kappa shape index (κ3) is 4.91. The molecule has 2 aromatic carbocycles. The first-order valence-corrected chi connectivity index (χ1v) is 11.6. The molecule has 1 saturated heterocycles. The van der Waals surface area contributed by atoms with Crippen LogP contribution in [0.3, 0.4) is 0 Å². The number of aromatic carboxylic acids is 1. The first-order chi connectivity index (χ1) is 16.5. The predicted octanol–water partition coefficient (Wildman–Crippen LogP) is 5.21. The van der Waals surface area contributed by atoms with Crippen molar-refractivity contribution in [1.29, 1.82) is 0 Å². The molecule has 1 aliphatic rings. The number of ether oxygens (including phenoxy) is 1. The molecule has 0 spiro atoms. The molecule has 0 atom stereocenters. The Balaban J connectivity index is 2.03. The number of H-pyrrole nitrogens is 1. The number of amides is 1. The second-order valence-electron chi connectivity index (χ2n) is 8.98. The van der Waals surface area contributed by atoms with Gasteiger partial charge in [-0.05, 0) is 51.5 Å². The van der Waals surface area contributed by atoms with Crippen LogP contribution in [0.5, 0.6) is 0 Å². The van der Waals surface area contributed by atoms with Gasteiger partial charge in [-0.1, -0.05) is 41.4 Å². The summed E-state index contributed by atoms with van der Waals surface area (Å²) in [6.07, 6.45) is 0.160. The van der Waals surface area contributed by atoms with Gasteiger partial charge in [0, 0.05) is 33.6 Å². The lowest BCUT2D eigenvalue weighted by Gasteiger charge is -2.31. The maximum absolute atomic E-state index is 13.7. The zero-order chi connectivity index (χ0) is 25.5. The normalized spacial score (nSPS) is 15.9. The van der Waals surface area contributed by atoms with Gasteiger partial charge in [-0.15, -0.1) is 0 Å². The molecular formula is C25H23Cl2N3O5. The Hall–Kier alpha value is -3.33. The van der Waals surface area contributed by atoms with Crippen molar-refractivity contribution in [3.8, 4) is 0 Å². The summed E-state index contributed by atoms with van der Waals surface area (Å²) in [5, 5.41) is 12.0. The molecule has 0 saturated carbocycles. The number of carbonyl (C=O) groups is 3. The molecule has 1 amide bonds. The van der Waals surface area contributed by atoms with Gasteiger partial charge >= 0.3 is 11.9 Å². The number of esters is 1. The van der Waals surface area contributed by atoms with Crippen LogP contribution < -0.4 is 10.4 Å². The van der Waals surface area contributed by atoms with Gasteiger partial charge in [-0.2, -0.15) is 0 Å². The number of carboxylic acid groups (broad SMARTS) is 1. The Morgan fingerprint density at radius 2 is 1.80 bits per heavy atom. The van der Waals surface area contributed by atoms with Crippen LogP contribution in [0.25, 0.3) is 16.5 Å². The van der Waals surface area contributed by atoms with E-state index >= 15 is 0 Å². The minimum absolute atomic E-state index is 0.0123. The minimum atomic E-state index is -1.33. The predicted molar refractivity (Wildman–Crippen MR) is 135 cm³/mol. The van der Waals surface area contributed by atoms with Gasteiger partial charge in [0.2, 0.25) is 0 Å². The molecule has 182 valence electrons. The number of benzene rings is 2. The zero-order valence-electron chi connectivity index (χ0n) is 19.2. The van der Waals surface area contributed by atoms with Gasteiger partial charge < -0.3 is 14.8 Å². The van der Waals surface area contributed by atoms with Crippen molar-refractivity contribution < 1.29 is 24.2 Å². The number of anilines is 1. The SMILES string of the molecule is CC(C)(C)OC(=O)C(=C1CCNN(c2ccccc2)C1=O)c1c(C(=O)O)[nH]c2cc(Cl)cc(Cl)c12. The van der Waals surface area contributed by atoms with Crippen LogP contribution >= 0.6 is 23.2 Å². The molecule has 3 N–H and O–H groups in total. The number of hydrogen-bond donors (Lipinski definition) is 3.